The van der Waals surface area contributed by atoms with E-state index in [0.717, 1.165) is 0 Å². The number of para-hydroxylation sites is 1. The number of ether oxygens (including phenoxy) is 1. The Morgan fingerprint density at radius 2 is 2.00 bits per heavy atom. The monoisotopic (exact) mass is 235 g/mol. The molecular formula is C11H10ClN3O. The molecule has 0 amide bonds. The van der Waals surface area contributed by atoms with E-state index in [1.54, 1.807) is 18.3 Å². The maximum absolute atomic E-state index is 5.93. The number of nitrogen functional groups attached to an aromatic ring is 1. The van der Waals surface area contributed by atoms with E-state index in [4.69, 9.17) is 22.1 Å². The highest BCUT2D eigenvalue weighted by molar-refractivity contribution is 6.32. The Morgan fingerprint density at radius 3 is 2.69 bits per heavy atom. The summed E-state index contributed by atoms with van der Waals surface area (Å²) in [6.45, 7) is 0.316. The lowest BCUT2D eigenvalue weighted by molar-refractivity contribution is 0.301. The molecular weight excluding hydrogens is 226 g/mol. The molecule has 2 aromatic rings. The van der Waals surface area contributed by atoms with Crippen LogP contribution in [0.3, 0.4) is 0 Å². The molecule has 82 valence electrons. The third kappa shape index (κ3) is 2.61. The predicted octanol–water partition coefficient (Wildman–Crippen LogP) is 2.29. The van der Waals surface area contributed by atoms with Crippen LogP contribution in [0.2, 0.25) is 5.02 Å². The molecule has 0 unspecified atom stereocenters. The first-order valence-corrected chi connectivity index (χ1v) is 5.07. The number of hydrogen-bond acceptors (Lipinski definition) is 4. The van der Waals surface area contributed by atoms with Gasteiger partial charge < -0.3 is 10.5 Å². The second kappa shape index (κ2) is 4.81. The molecule has 0 aliphatic rings. The second-order valence-corrected chi connectivity index (χ2v) is 3.56. The first-order chi connectivity index (χ1) is 7.75. The largest absolute Gasteiger partial charge is 0.486 e. The first-order valence-electron chi connectivity index (χ1n) is 4.69. The summed E-state index contributed by atoms with van der Waals surface area (Å²) in [5.74, 6) is 1.02. The fourth-order valence-electron chi connectivity index (χ4n) is 1.15. The standard InChI is InChI=1S/C11H10ClN3O/c12-9-3-1-2-4-10(9)16-7-8-5-15-11(13)6-14-8/h1-6H,7H2,(H2,13,15). The number of aromatic nitrogens is 2. The van der Waals surface area contributed by atoms with Gasteiger partial charge in [0.2, 0.25) is 0 Å². The molecule has 1 heterocycles. The minimum atomic E-state index is 0.316. The summed E-state index contributed by atoms with van der Waals surface area (Å²) in [6.07, 6.45) is 3.07. The van der Waals surface area contributed by atoms with Crippen molar-refractivity contribution in [3.63, 3.8) is 0 Å². The first kappa shape index (κ1) is 10.7. The Morgan fingerprint density at radius 1 is 1.19 bits per heavy atom. The van der Waals surface area contributed by atoms with E-state index in [1.165, 1.54) is 6.20 Å². The van der Waals surface area contributed by atoms with Crippen LogP contribution in [0.15, 0.2) is 36.7 Å². The number of rotatable bonds is 3. The van der Waals surface area contributed by atoms with Gasteiger partial charge in [0.05, 0.1) is 23.1 Å². The molecule has 16 heavy (non-hydrogen) atoms. The summed E-state index contributed by atoms with van der Waals surface area (Å²) in [5.41, 5.74) is 6.13. The van der Waals surface area contributed by atoms with Crippen molar-refractivity contribution in [1.82, 2.24) is 9.97 Å². The number of nitrogens with two attached hydrogens (primary N) is 1. The van der Waals surface area contributed by atoms with Gasteiger partial charge >= 0.3 is 0 Å². The lowest BCUT2D eigenvalue weighted by atomic mass is 10.3. The van der Waals surface area contributed by atoms with Gasteiger partial charge in [-0.2, -0.15) is 0 Å². The summed E-state index contributed by atoms with van der Waals surface area (Å²) in [4.78, 5) is 7.98. The molecule has 1 aromatic carbocycles. The van der Waals surface area contributed by atoms with E-state index in [9.17, 15) is 0 Å². The molecule has 0 radical (unpaired) electrons. The zero-order valence-corrected chi connectivity index (χ0v) is 9.19. The highest BCUT2D eigenvalue weighted by Crippen LogP contribution is 2.23. The average Bonchev–Trinajstić information content (AvgIpc) is 2.30. The summed E-state index contributed by atoms with van der Waals surface area (Å²) < 4.78 is 5.49. The van der Waals surface area contributed by atoms with Gasteiger partial charge in [-0.1, -0.05) is 23.7 Å². The zero-order chi connectivity index (χ0) is 11.4. The lowest BCUT2D eigenvalue weighted by Crippen LogP contribution is -2.00. The van der Waals surface area contributed by atoms with Gasteiger partial charge in [0.25, 0.3) is 0 Å². The third-order valence-corrected chi connectivity index (χ3v) is 2.25. The van der Waals surface area contributed by atoms with E-state index in [-0.39, 0.29) is 0 Å². The highest BCUT2D eigenvalue weighted by Gasteiger charge is 2.01. The summed E-state index contributed by atoms with van der Waals surface area (Å²) in [6, 6.07) is 7.27. The Balaban J connectivity index is 2.02. The van der Waals surface area contributed by atoms with Gasteiger partial charge in [0.15, 0.2) is 0 Å². The molecule has 0 saturated heterocycles. The smallest absolute Gasteiger partial charge is 0.141 e. The van der Waals surface area contributed by atoms with Crippen LogP contribution in [0, 0.1) is 0 Å². The summed E-state index contributed by atoms with van der Waals surface area (Å²) in [7, 11) is 0. The van der Waals surface area contributed by atoms with Gasteiger partial charge in [0.1, 0.15) is 18.2 Å². The van der Waals surface area contributed by atoms with Gasteiger partial charge in [-0.25, -0.2) is 4.98 Å². The number of benzene rings is 1. The van der Waals surface area contributed by atoms with E-state index < -0.39 is 0 Å². The number of anilines is 1. The van der Waals surface area contributed by atoms with Crippen LogP contribution in [-0.2, 0) is 6.61 Å². The lowest BCUT2D eigenvalue weighted by Gasteiger charge is -2.06. The maximum Gasteiger partial charge on any atom is 0.141 e. The quantitative estimate of drug-likeness (QED) is 0.887. The van der Waals surface area contributed by atoms with E-state index in [1.807, 2.05) is 12.1 Å². The van der Waals surface area contributed by atoms with Crippen molar-refractivity contribution in [1.29, 1.82) is 0 Å². The number of hydrogen-bond donors (Lipinski definition) is 1. The minimum absolute atomic E-state index is 0.316. The molecule has 0 bridgehead atoms. The van der Waals surface area contributed by atoms with Crippen molar-refractivity contribution in [2.45, 2.75) is 6.61 Å². The Hall–Kier alpha value is -1.81. The topological polar surface area (TPSA) is 61.0 Å². The van der Waals surface area contributed by atoms with E-state index >= 15 is 0 Å². The molecule has 0 aliphatic carbocycles. The molecule has 0 aliphatic heterocycles. The molecule has 2 N–H and O–H groups in total. The van der Waals surface area contributed by atoms with Gasteiger partial charge in [-0.05, 0) is 12.1 Å². The summed E-state index contributed by atoms with van der Waals surface area (Å²) in [5, 5.41) is 0.575. The fraction of sp³-hybridized carbons (Fsp3) is 0.0909. The molecule has 0 spiro atoms. The van der Waals surface area contributed by atoms with E-state index in [2.05, 4.69) is 9.97 Å². The second-order valence-electron chi connectivity index (χ2n) is 3.15. The van der Waals surface area contributed by atoms with Gasteiger partial charge in [-0.3, -0.25) is 4.98 Å². The van der Waals surface area contributed by atoms with Crippen molar-refractivity contribution in [3.8, 4) is 5.75 Å². The van der Waals surface area contributed by atoms with E-state index in [0.29, 0.717) is 28.9 Å². The summed E-state index contributed by atoms with van der Waals surface area (Å²) >= 11 is 5.93. The zero-order valence-electron chi connectivity index (χ0n) is 8.43. The molecule has 5 heteroatoms. The average molecular weight is 236 g/mol. The molecule has 0 fully saturated rings. The SMILES string of the molecule is Nc1cnc(COc2ccccc2Cl)cn1. The Kier molecular flexibility index (Phi) is 3.22. The van der Waals surface area contributed by atoms with Crippen molar-refractivity contribution < 1.29 is 4.74 Å². The number of halogens is 1. The molecule has 4 nitrogen and oxygen atoms in total. The molecule has 0 atom stereocenters. The van der Waals surface area contributed by atoms with Crippen LogP contribution < -0.4 is 10.5 Å². The van der Waals surface area contributed by atoms with Gasteiger partial charge in [-0.15, -0.1) is 0 Å². The van der Waals surface area contributed by atoms with Crippen LogP contribution in [0.1, 0.15) is 5.69 Å². The molecule has 2 rings (SSSR count). The molecule has 0 saturated carbocycles. The predicted molar refractivity (Wildman–Crippen MR) is 62.2 cm³/mol. The molecule has 1 aromatic heterocycles. The maximum atomic E-state index is 5.93. The minimum Gasteiger partial charge on any atom is -0.486 e. The normalized spacial score (nSPS) is 10.1. The highest BCUT2D eigenvalue weighted by atomic mass is 35.5. The van der Waals surface area contributed by atoms with Crippen LogP contribution in [0.4, 0.5) is 5.82 Å². The van der Waals surface area contributed by atoms with Crippen LogP contribution in [0.25, 0.3) is 0 Å². The third-order valence-electron chi connectivity index (χ3n) is 1.94. The number of nitrogens with zero attached hydrogens (tertiary/aromatic N) is 2. The van der Waals surface area contributed by atoms with Crippen molar-refractivity contribution >= 4 is 17.4 Å². The van der Waals surface area contributed by atoms with Crippen LogP contribution >= 0.6 is 11.6 Å². The van der Waals surface area contributed by atoms with Crippen LogP contribution in [0.5, 0.6) is 5.75 Å². The fourth-order valence-corrected chi connectivity index (χ4v) is 1.34. The Bertz CT molecular complexity index is 473. The van der Waals surface area contributed by atoms with Gasteiger partial charge in [0, 0.05) is 0 Å². The Labute approximate surface area is 98.0 Å². The van der Waals surface area contributed by atoms with Crippen molar-refractivity contribution in [2.75, 3.05) is 5.73 Å². The van der Waals surface area contributed by atoms with Crippen LogP contribution in [-0.4, -0.2) is 9.97 Å². The van der Waals surface area contributed by atoms with Crippen molar-refractivity contribution in [2.24, 2.45) is 0 Å². The van der Waals surface area contributed by atoms with Crippen molar-refractivity contribution in [3.05, 3.63) is 47.4 Å².